The minimum absolute atomic E-state index is 0.244. The summed E-state index contributed by atoms with van der Waals surface area (Å²) in [5, 5.41) is 9.00. The summed E-state index contributed by atoms with van der Waals surface area (Å²) in [7, 11) is 0. The Bertz CT molecular complexity index is 180. The molecular formula is C8H15NO2S. The summed E-state index contributed by atoms with van der Waals surface area (Å²) in [6.45, 7) is 2.00. The van der Waals surface area contributed by atoms with E-state index in [9.17, 15) is 4.79 Å². The van der Waals surface area contributed by atoms with Crippen molar-refractivity contribution in [1.29, 1.82) is 0 Å². The predicted molar refractivity (Wildman–Crippen MR) is 50.2 cm³/mol. The third kappa shape index (κ3) is 1.59. The van der Waals surface area contributed by atoms with Gasteiger partial charge < -0.3 is 10.8 Å². The maximum atomic E-state index is 11.0. The Balaban J connectivity index is 2.70. The molecule has 2 atom stereocenters. The van der Waals surface area contributed by atoms with Crippen molar-refractivity contribution in [2.45, 2.75) is 13.3 Å². The fourth-order valence-electron chi connectivity index (χ4n) is 1.47. The van der Waals surface area contributed by atoms with Gasteiger partial charge in [-0.2, -0.15) is 11.8 Å². The number of rotatable bonds is 3. The topological polar surface area (TPSA) is 63.3 Å². The number of carboxylic acids is 1. The predicted octanol–water partition coefficient (Wildman–Crippen LogP) is 0.789. The molecule has 12 heavy (non-hydrogen) atoms. The molecule has 2 unspecified atom stereocenters. The molecule has 0 spiro atoms. The number of nitrogens with two attached hydrogens (primary N) is 1. The molecule has 1 saturated heterocycles. The van der Waals surface area contributed by atoms with Crippen LogP contribution in [0.3, 0.4) is 0 Å². The van der Waals surface area contributed by atoms with Gasteiger partial charge >= 0.3 is 5.97 Å². The molecule has 0 aromatic carbocycles. The van der Waals surface area contributed by atoms with Crippen LogP contribution in [-0.2, 0) is 4.79 Å². The molecule has 0 saturated carbocycles. The first-order valence-electron chi connectivity index (χ1n) is 4.12. The molecule has 0 radical (unpaired) electrons. The van der Waals surface area contributed by atoms with Gasteiger partial charge in [-0.25, -0.2) is 0 Å². The Morgan fingerprint density at radius 1 is 1.83 bits per heavy atom. The highest BCUT2D eigenvalue weighted by Gasteiger charge is 2.41. The Kier molecular flexibility index (Phi) is 3.01. The minimum atomic E-state index is -0.752. The second-order valence-corrected chi connectivity index (χ2v) is 4.64. The quantitative estimate of drug-likeness (QED) is 0.689. The van der Waals surface area contributed by atoms with E-state index in [4.69, 9.17) is 10.8 Å². The second kappa shape index (κ2) is 3.66. The summed E-state index contributed by atoms with van der Waals surface area (Å²) in [5.74, 6) is 1.52. The van der Waals surface area contributed by atoms with Crippen LogP contribution in [0.5, 0.6) is 0 Å². The van der Waals surface area contributed by atoms with E-state index >= 15 is 0 Å². The second-order valence-electron chi connectivity index (χ2n) is 3.49. The smallest absolute Gasteiger partial charge is 0.310 e. The van der Waals surface area contributed by atoms with Crippen LogP contribution in [0.2, 0.25) is 0 Å². The van der Waals surface area contributed by atoms with Gasteiger partial charge in [0.1, 0.15) is 0 Å². The number of hydrogen-bond donors (Lipinski definition) is 2. The highest BCUT2D eigenvalue weighted by atomic mass is 32.2. The van der Waals surface area contributed by atoms with Crippen molar-refractivity contribution in [3.8, 4) is 0 Å². The summed E-state index contributed by atoms with van der Waals surface area (Å²) in [5.41, 5.74) is 4.79. The highest BCUT2D eigenvalue weighted by Crippen LogP contribution is 2.37. The van der Waals surface area contributed by atoms with Gasteiger partial charge in [0.15, 0.2) is 0 Å². The lowest BCUT2D eigenvalue weighted by Crippen LogP contribution is -2.42. The number of carboxylic acid groups (broad SMARTS) is 1. The van der Waals surface area contributed by atoms with E-state index in [-0.39, 0.29) is 12.5 Å². The van der Waals surface area contributed by atoms with Crippen LogP contribution in [0.4, 0.5) is 0 Å². The zero-order chi connectivity index (χ0) is 9.19. The largest absolute Gasteiger partial charge is 0.481 e. The van der Waals surface area contributed by atoms with Gasteiger partial charge in [0.25, 0.3) is 0 Å². The van der Waals surface area contributed by atoms with E-state index in [1.165, 1.54) is 0 Å². The molecule has 70 valence electrons. The average molecular weight is 189 g/mol. The Hall–Kier alpha value is -0.220. The fourth-order valence-corrected chi connectivity index (χ4v) is 2.90. The van der Waals surface area contributed by atoms with Crippen LogP contribution >= 0.6 is 11.8 Å². The standard InChI is InChI=1S/C8H15NO2S/c1-8(5-9,7(10)11)6-2-3-12-4-6/h6H,2-5,9H2,1H3,(H,10,11). The van der Waals surface area contributed by atoms with Crippen molar-refractivity contribution >= 4 is 17.7 Å². The van der Waals surface area contributed by atoms with Gasteiger partial charge in [-0.15, -0.1) is 0 Å². The molecule has 3 nitrogen and oxygen atoms in total. The third-order valence-corrected chi connectivity index (χ3v) is 3.91. The van der Waals surface area contributed by atoms with Crippen LogP contribution < -0.4 is 5.73 Å². The maximum absolute atomic E-state index is 11.0. The number of thioether (sulfide) groups is 1. The molecular weight excluding hydrogens is 174 g/mol. The van der Waals surface area contributed by atoms with Crippen molar-refractivity contribution in [2.24, 2.45) is 17.1 Å². The van der Waals surface area contributed by atoms with Crippen molar-refractivity contribution in [2.75, 3.05) is 18.1 Å². The van der Waals surface area contributed by atoms with Crippen LogP contribution in [0.15, 0.2) is 0 Å². The van der Waals surface area contributed by atoms with Gasteiger partial charge in [-0.3, -0.25) is 4.79 Å². The first-order valence-corrected chi connectivity index (χ1v) is 5.28. The number of carbonyl (C=O) groups is 1. The molecule has 0 aromatic heterocycles. The van der Waals surface area contributed by atoms with Gasteiger partial charge in [0.2, 0.25) is 0 Å². The van der Waals surface area contributed by atoms with Crippen molar-refractivity contribution in [3.63, 3.8) is 0 Å². The van der Waals surface area contributed by atoms with Crippen molar-refractivity contribution in [3.05, 3.63) is 0 Å². The fraction of sp³-hybridized carbons (Fsp3) is 0.875. The van der Waals surface area contributed by atoms with E-state index in [0.717, 1.165) is 17.9 Å². The van der Waals surface area contributed by atoms with Crippen LogP contribution in [0, 0.1) is 11.3 Å². The SMILES string of the molecule is CC(CN)(C(=O)O)C1CCSC1. The lowest BCUT2D eigenvalue weighted by molar-refractivity contribution is -0.150. The highest BCUT2D eigenvalue weighted by molar-refractivity contribution is 7.99. The summed E-state index contributed by atoms with van der Waals surface area (Å²) in [6.07, 6.45) is 0.991. The summed E-state index contributed by atoms with van der Waals surface area (Å²) < 4.78 is 0. The zero-order valence-electron chi connectivity index (χ0n) is 7.25. The van der Waals surface area contributed by atoms with E-state index in [1.54, 1.807) is 6.92 Å². The summed E-state index contributed by atoms with van der Waals surface area (Å²) in [4.78, 5) is 11.0. The molecule has 4 heteroatoms. The zero-order valence-corrected chi connectivity index (χ0v) is 8.06. The van der Waals surface area contributed by atoms with Crippen molar-refractivity contribution < 1.29 is 9.90 Å². The van der Waals surface area contributed by atoms with Crippen LogP contribution in [0.1, 0.15) is 13.3 Å². The Morgan fingerprint density at radius 2 is 2.50 bits per heavy atom. The maximum Gasteiger partial charge on any atom is 0.310 e. The van der Waals surface area contributed by atoms with Crippen LogP contribution in [-0.4, -0.2) is 29.1 Å². The molecule has 0 bridgehead atoms. The first-order chi connectivity index (χ1) is 5.61. The molecule has 0 aliphatic carbocycles. The molecule has 0 aromatic rings. The molecule has 3 N–H and O–H groups in total. The van der Waals surface area contributed by atoms with Gasteiger partial charge in [-0.1, -0.05) is 0 Å². The van der Waals surface area contributed by atoms with Crippen molar-refractivity contribution in [1.82, 2.24) is 0 Å². The van der Waals surface area contributed by atoms with E-state index in [0.29, 0.717) is 0 Å². The van der Waals surface area contributed by atoms with Gasteiger partial charge in [0, 0.05) is 6.54 Å². The Labute approximate surface area is 76.7 Å². The molecule has 0 amide bonds. The number of hydrogen-bond acceptors (Lipinski definition) is 3. The summed E-state index contributed by atoms with van der Waals surface area (Å²) in [6, 6.07) is 0. The average Bonchev–Trinajstić information content (AvgIpc) is 2.54. The summed E-state index contributed by atoms with van der Waals surface area (Å²) >= 11 is 1.82. The lowest BCUT2D eigenvalue weighted by atomic mass is 9.77. The lowest BCUT2D eigenvalue weighted by Gasteiger charge is -2.28. The molecule has 1 rings (SSSR count). The minimum Gasteiger partial charge on any atom is -0.481 e. The van der Waals surface area contributed by atoms with Gasteiger partial charge in [0.05, 0.1) is 5.41 Å². The molecule has 1 fully saturated rings. The molecule has 1 aliphatic heterocycles. The van der Waals surface area contributed by atoms with E-state index in [1.807, 2.05) is 11.8 Å². The normalized spacial score (nSPS) is 28.3. The monoisotopic (exact) mass is 189 g/mol. The van der Waals surface area contributed by atoms with Crippen LogP contribution in [0.25, 0.3) is 0 Å². The molecule has 1 aliphatic rings. The third-order valence-electron chi connectivity index (χ3n) is 2.74. The molecule has 1 heterocycles. The first kappa shape index (κ1) is 9.86. The van der Waals surface area contributed by atoms with E-state index in [2.05, 4.69) is 0 Å². The van der Waals surface area contributed by atoms with E-state index < -0.39 is 11.4 Å². The van der Waals surface area contributed by atoms with Gasteiger partial charge in [-0.05, 0) is 30.8 Å². The number of aliphatic carboxylic acids is 1. The Morgan fingerprint density at radius 3 is 2.83 bits per heavy atom.